The molecule has 33 heavy (non-hydrogen) atoms. The van der Waals surface area contributed by atoms with Crippen molar-refractivity contribution in [3.8, 4) is 16.9 Å². The molecule has 0 saturated carbocycles. The number of alkyl halides is 3. The molecule has 2 aromatic carbocycles. The number of aromatic nitrogens is 3. The van der Waals surface area contributed by atoms with Gasteiger partial charge in [0.2, 0.25) is 10.0 Å². The van der Waals surface area contributed by atoms with Gasteiger partial charge in [-0.1, -0.05) is 18.2 Å². The largest absolute Gasteiger partial charge is 0.573 e. The lowest BCUT2D eigenvalue weighted by molar-refractivity contribution is -0.274. The van der Waals surface area contributed by atoms with Crippen LogP contribution in [-0.2, 0) is 10.0 Å². The molecule has 4 rings (SSSR count). The highest BCUT2D eigenvalue weighted by molar-refractivity contribution is 7.92. The molecule has 2 N–H and O–H groups in total. The van der Waals surface area contributed by atoms with Crippen LogP contribution >= 0.6 is 0 Å². The molecule has 0 spiro atoms. The third kappa shape index (κ3) is 5.52. The second kappa shape index (κ2) is 8.28. The maximum Gasteiger partial charge on any atom is 0.573 e. The summed E-state index contributed by atoms with van der Waals surface area (Å²) < 4.78 is 68.9. The summed E-state index contributed by atoms with van der Waals surface area (Å²) in [6.07, 6.45) is -0.585. The molecule has 12 heteroatoms. The molecule has 8 nitrogen and oxygen atoms in total. The molecular weight excluding hydrogens is 459 g/mol. The molecule has 2 aromatic heterocycles. The van der Waals surface area contributed by atoms with Crippen molar-refractivity contribution >= 4 is 32.9 Å². The van der Waals surface area contributed by atoms with Crippen LogP contribution in [0.4, 0.5) is 30.4 Å². The van der Waals surface area contributed by atoms with Gasteiger partial charge in [-0.25, -0.2) is 17.9 Å². The van der Waals surface area contributed by atoms with Crippen LogP contribution < -0.4 is 14.8 Å². The van der Waals surface area contributed by atoms with E-state index in [0.717, 1.165) is 11.8 Å². The molecule has 0 fully saturated rings. The molecule has 172 valence electrons. The highest BCUT2D eigenvalue weighted by Gasteiger charge is 2.31. The molecule has 0 aliphatic carbocycles. The summed E-state index contributed by atoms with van der Waals surface area (Å²) in [6.45, 7) is 1.77. The maximum atomic E-state index is 12.6. The zero-order valence-corrected chi connectivity index (χ0v) is 18.2. The highest BCUT2D eigenvalue weighted by Crippen LogP contribution is 2.30. The van der Waals surface area contributed by atoms with Crippen LogP contribution in [-0.4, -0.2) is 35.6 Å². The van der Waals surface area contributed by atoms with E-state index in [1.807, 2.05) is 0 Å². The number of hydrogen-bond donors (Lipinski definition) is 2. The van der Waals surface area contributed by atoms with Gasteiger partial charge in [-0.2, -0.15) is 5.10 Å². The quantitative estimate of drug-likeness (QED) is 0.417. The minimum atomic E-state index is -4.80. The lowest BCUT2D eigenvalue weighted by Crippen LogP contribution is -2.17. The monoisotopic (exact) mass is 477 g/mol. The number of halogens is 3. The topological polar surface area (TPSA) is 97.6 Å². The Morgan fingerprint density at radius 2 is 1.88 bits per heavy atom. The molecule has 0 aliphatic rings. The molecular formula is C21H18F3N5O3S. The zero-order chi connectivity index (χ0) is 23.8. The third-order valence-corrected chi connectivity index (χ3v) is 5.14. The van der Waals surface area contributed by atoms with Crippen molar-refractivity contribution in [2.45, 2.75) is 13.3 Å². The normalized spacial score (nSPS) is 12.0. The van der Waals surface area contributed by atoms with E-state index in [4.69, 9.17) is 0 Å². The van der Waals surface area contributed by atoms with E-state index in [9.17, 15) is 21.6 Å². The number of sulfonamides is 1. The second-order valence-corrected chi connectivity index (χ2v) is 8.99. The van der Waals surface area contributed by atoms with Crippen molar-refractivity contribution in [3.05, 3.63) is 66.5 Å². The van der Waals surface area contributed by atoms with Crippen LogP contribution in [0, 0.1) is 6.92 Å². The van der Waals surface area contributed by atoms with Crippen LogP contribution in [0.5, 0.6) is 5.75 Å². The van der Waals surface area contributed by atoms with Gasteiger partial charge in [0.25, 0.3) is 0 Å². The van der Waals surface area contributed by atoms with E-state index in [1.165, 1.54) is 28.9 Å². The van der Waals surface area contributed by atoms with E-state index in [1.54, 1.807) is 43.5 Å². The molecule has 0 saturated heterocycles. The number of nitrogens with one attached hydrogen (secondary N) is 2. The Morgan fingerprint density at radius 3 is 2.61 bits per heavy atom. The summed E-state index contributed by atoms with van der Waals surface area (Å²) in [5.74, 6) is 0.0836. The second-order valence-electron chi connectivity index (χ2n) is 7.24. The molecule has 0 amide bonds. The third-order valence-electron chi connectivity index (χ3n) is 4.55. The Bertz CT molecular complexity index is 1430. The van der Waals surface area contributed by atoms with Crippen molar-refractivity contribution in [3.63, 3.8) is 0 Å². The van der Waals surface area contributed by atoms with Gasteiger partial charge in [-0.05, 0) is 48.4 Å². The summed E-state index contributed by atoms with van der Waals surface area (Å²) in [7, 11) is -3.45. The van der Waals surface area contributed by atoms with Gasteiger partial charge in [-0.3, -0.25) is 4.72 Å². The zero-order valence-electron chi connectivity index (χ0n) is 17.4. The van der Waals surface area contributed by atoms with E-state index in [2.05, 4.69) is 24.9 Å². The molecule has 0 unspecified atom stereocenters. The lowest BCUT2D eigenvalue weighted by atomic mass is 10.1. The summed E-state index contributed by atoms with van der Waals surface area (Å²) in [5, 5.41) is 7.30. The van der Waals surface area contributed by atoms with Crippen LogP contribution in [0.15, 0.2) is 60.9 Å². The average molecular weight is 477 g/mol. The van der Waals surface area contributed by atoms with Gasteiger partial charge in [0.15, 0.2) is 5.65 Å². The smallest absolute Gasteiger partial charge is 0.406 e. The van der Waals surface area contributed by atoms with Crippen LogP contribution in [0.25, 0.3) is 16.8 Å². The minimum Gasteiger partial charge on any atom is -0.406 e. The molecule has 0 bridgehead atoms. The number of nitrogens with zero attached hydrogens (tertiary/aromatic N) is 3. The lowest BCUT2D eigenvalue weighted by Gasteiger charge is -2.12. The van der Waals surface area contributed by atoms with Crippen molar-refractivity contribution in [1.82, 2.24) is 14.6 Å². The molecule has 4 aromatic rings. The molecule has 0 atom stereocenters. The maximum absolute atomic E-state index is 12.6. The van der Waals surface area contributed by atoms with E-state index in [0.29, 0.717) is 34.0 Å². The van der Waals surface area contributed by atoms with Gasteiger partial charge in [0.1, 0.15) is 11.6 Å². The van der Waals surface area contributed by atoms with Gasteiger partial charge in [-0.15, -0.1) is 13.2 Å². The van der Waals surface area contributed by atoms with Crippen LogP contribution in [0.3, 0.4) is 0 Å². The highest BCUT2D eigenvalue weighted by atomic mass is 32.2. The Hall–Kier alpha value is -3.80. The minimum absolute atomic E-state index is 0.348. The standard InChI is InChI=1S/C21H18F3N5O3S/c1-13-6-7-15(11-18(13)28-33(2,30)31)26-19-8-9-29-20(27-19)17(12-25-29)14-4-3-5-16(10-14)32-21(22,23)24/h3-12,28H,1-2H3,(H,26,27). The summed E-state index contributed by atoms with van der Waals surface area (Å²) in [6, 6.07) is 12.4. The number of fused-ring (bicyclic) bond motifs is 1. The van der Waals surface area contributed by atoms with Crippen molar-refractivity contribution in [2.24, 2.45) is 0 Å². The van der Waals surface area contributed by atoms with Crippen molar-refractivity contribution < 1.29 is 26.3 Å². The summed E-state index contributed by atoms with van der Waals surface area (Å²) in [5.41, 5.74) is 3.13. The van der Waals surface area contributed by atoms with Gasteiger partial charge >= 0.3 is 6.36 Å². The first kappa shape index (κ1) is 22.4. The SMILES string of the molecule is Cc1ccc(Nc2ccn3ncc(-c4cccc(OC(F)(F)F)c4)c3n2)cc1NS(C)(=O)=O. The fourth-order valence-electron chi connectivity index (χ4n) is 3.16. The summed E-state index contributed by atoms with van der Waals surface area (Å²) >= 11 is 0. The predicted molar refractivity (Wildman–Crippen MR) is 118 cm³/mol. The molecule has 0 aliphatic heterocycles. The number of ether oxygens (including phenoxy) is 1. The number of anilines is 3. The fraction of sp³-hybridized carbons (Fsp3) is 0.143. The summed E-state index contributed by atoms with van der Waals surface area (Å²) in [4.78, 5) is 4.53. The Balaban J connectivity index is 1.66. The van der Waals surface area contributed by atoms with Crippen molar-refractivity contribution in [1.29, 1.82) is 0 Å². The van der Waals surface area contributed by atoms with Crippen molar-refractivity contribution in [2.75, 3.05) is 16.3 Å². The van der Waals surface area contributed by atoms with E-state index >= 15 is 0 Å². The Kier molecular flexibility index (Phi) is 5.62. The first-order valence-electron chi connectivity index (χ1n) is 9.53. The number of benzene rings is 2. The first-order chi connectivity index (χ1) is 15.5. The Labute approximate surface area is 187 Å². The van der Waals surface area contributed by atoms with Gasteiger partial charge in [0, 0.05) is 17.4 Å². The number of rotatable bonds is 6. The van der Waals surface area contributed by atoms with Gasteiger partial charge in [0.05, 0.1) is 18.1 Å². The van der Waals surface area contributed by atoms with E-state index < -0.39 is 16.4 Å². The molecule has 0 radical (unpaired) electrons. The van der Waals surface area contributed by atoms with Crippen LogP contribution in [0.2, 0.25) is 0 Å². The Morgan fingerprint density at radius 1 is 1.09 bits per heavy atom. The number of hydrogen-bond acceptors (Lipinski definition) is 6. The fourth-order valence-corrected chi connectivity index (χ4v) is 3.78. The molecule has 2 heterocycles. The first-order valence-corrected chi connectivity index (χ1v) is 11.4. The van der Waals surface area contributed by atoms with Gasteiger partial charge < -0.3 is 10.1 Å². The predicted octanol–water partition coefficient (Wildman–Crippen LogP) is 4.72. The van der Waals surface area contributed by atoms with E-state index in [-0.39, 0.29) is 5.75 Å². The van der Waals surface area contributed by atoms with Crippen LogP contribution in [0.1, 0.15) is 5.56 Å². The average Bonchev–Trinajstić information content (AvgIpc) is 3.12. The number of aryl methyl sites for hydroxylation is 1.